The molecule has 0 aromatic heterocycles. The van der Waals surface area contributed by atoms with Crippen LogP contribution in [0.3, 0.4) is 0 Å². The zero-order valence-corrected chi connectivity index (χ0v) is 11.6. The first-order valence-corrected chi connectivity index (χ1v) is 6.48. The number of para-hydroxylation sites is 1. The van der Waals surface area contributed by atoms with E-state index in [2.05, 4.69) is 10.6 Å². The van der Waals surface area contributed by atoms with Gasteiger partial charge in [-0.3, -0.25) is 4.79 Å². The number of nitrogens with one attached hydrogen (secondary N) is 2. The number of hydrogen-bond acceptors (Lipinski definition) is 3. The molecule has 2 aromatic carbocycles. The third-order valence-corrected chi connectivity index (χ3v) is 3.22. The molecule has 2 aromatic rings. The lowest BCUT2D eigenvalue weighted by molar-refractivity contribution is 0.102. The Morgan fingerprint density at radius 3 is 2.60 bits per heavy atom. The highest BCUT2D eigenvalue weighted by atomic mass is 16.3. The molecule has 104 valence electrons. The molecule has 0 saturated carbocycles. The lowest BCUT2D eigenvalue weighted by Gasteiger charge is -2.16. The van der Waals surface area contributed by atoms with E-state index in [-0.39, 0.29) is 17.7 Å². The van der Waals surface area contributed by atoms with Gasteiger partial charge in [0.05, 0.1) is 0 Å². The van der Waals surface area contributed by atoms with Gasteiger partial charge in [0.2, 0.25) is 0 Å². The standard InChI is InChI=1S/C16H18N2O2/c1-11(17-2)14-8-3-4-9-15(14)18-16(20)12-6-5-7-13(19)10-12/h3-11,17,19H,1-2H3,(H,18,20). The molecule has 2 rings (SSSR count). The average Bonchev–Trinajstić information content (AvgIpc) is 2.47. The van der Waals surface area contributed by atoms with Crippen LogP contribution in [0.25, 0.3) is 0 Å². The van der Waals surface area contributed by atoms with Gasteiger partial charge >= 0.3 is 0 Å². The minimum atomic E-state index is -0.239. The number of carbonyl (C=O) groups is 1. The zero-order chi connectivity index (χ0) is 14.5. The Morgan fingerprint density at radius 2 is 1.90 bits per heavy atom. The lowest BCUT2D eigenvalue weighted by Crippen LogP contribution is -2.18. The van der Waals surface area contributed by atoms with Gasteiger partial charge in [0, 0.05) is 17.3 Å². The van der Waals surface area contributed by atoms with Gasteiger partial charge in [0.15, 0.2) is 0 Å². The maximum Gasteiger partial charge on any atom is 0.255 e. The van der Waals surface area contributed by atoms with Crippen molar-refractivity contribution in [3.63, 3.8) is 0 Å². The van der Waals surface area contributed by atoms with Crippen LogP contribution in [0.5, 0.6) is 5.75 Å². The highest BCUT2D eigenvalue weighted by Crippen LogP contribution is 2.23. The number of phenols is 1. The molecule has 0 radical (unpaired) electrons. The topological polar surface area (TPSA) is 61.4 Å². The fraction of sp³-hybridized carbons (Fsp3) is 0.188. The van der Waals surface area contributed by atoms with Crippen LogP contribution in [0, 0.1) is 0 Å². The van der Waals surface area contributed by atoms with Gasteiger partial charge in [-0.2, -0.15) is 0 Å². The van der Waals surface area contributed by atoms with Crippen LogP contribution in [-0.4, -0.2) is 18.1 Å². The summed E-state index contributed by atoms with van der Waals surface area (Å²) in [6, 6.07) is 14.1. The van der Waals surface area contributed by atoms with E-state index in [1.54, 1.807) is 12.1 Å². The molecule has 0 spiro atoms. The fourth-order valence-electron chi connectivity index (χ4n) is 1.99. The first-order chi connectivity index (χ1) is 9.61. The van der Waals surface area contributed by atoms with E-state index < -0.39 is 0 Å². The molecular formula is C16H18N2O2. The molecule has 1 amide bonds. The highest BCUT2D eigenvalue weighted by Gasteiger charge is 2.12. The minimum Gasteiger partial charge on any atom is -0.508 e. The summed E-state index contributed by atoms with van der Waals surface area (Å²) in [4.78, 5) is 12.2. The molecule has 1 atom stereocenters. The maximum atomic E-state index is 12.2. The summed E-state index contributed by atoms with van der Waals surface area (Å²) in [5, 5.41) is 15.5. The Labute approximate surface area is 118 Å². The van der Waals surface area contributed by atoms with Gasteiger partial charge in [0.25, 0.3) is 5.91 Å². The molecule has 4 nitrogen and oxygen atoms in total. The zero-order valence-electron chi connectivity index (χ0n) is 11.6. The van der Waals surface area contributed by atoms with E-state index in [4.69, 9.17) is 0 Å². The number of hydrogen-bond donors (Lipinski definition) is 3. The van der Waals surface area contributed by atoms with E-state index in [1.807, 2.05) is 38.2 Å². The van der Waals surface area contributed by atoms with Crippen LogP contribution in [0.1, 0.15) is 28.9 Å². The Balaban J connectivity index is 2.24. The smallest absolute Gasteiger partial charge is 0.255 e. The fourth-order valence-corrected chi connectivity index (χ4v) is 1.99. The van der Waals surface area contributed by atoms with Crippen LogP contribution < -0.4 is 10.6 Å². The minimum absolute atomic E-state index is 0.0783. The maximum absolute atomic E-state index is 12.2. The summed E-state index contributed by atoms with van der Waals surface area (Å²) < 4.78 is 0. The van der Waals surface area contributed by atoms with Crippen molar-refractivity contribution in [2.24, 2.45) is 0 Å². The van der Waals surface area contributed by atoms with Crippen molar-refractivity contribution < 1.29 is 9.90 Å². The van der Waals surface area contributed by atoms with Crippen molar-refractivity contribution in [2.45, 2.75) is 13.0 Å². The van der Waals surface area contributed by atoms with Crippen molar-refractivity contribution in [3.05, 3.63) is 59.7 Å². The molecule has 0 aliphatic carbocycles. The first kappa shape index (κ1) is 14.1. The number of phenolic OH excluding ortho intramolecular Hbond substituents is 1. The third kappa shape index (κ3) is 3.16. The number of rotatable bonds is 4. The highest BCUT2D eigenvalue weighted by molar-refractivity contribution is 6.04. The summed E-state index contributed by atoms with van der Waals surface area (Å²) in [5.41, 5.74) is 2.21. The SMILES string of the molecule is CNC(C)c1ccccc1NC(=O)c1cccc(O)c1. The monoisotopic (exact) mass is 270 g/mol. The summed E-state index contributed by atoms with van der Waals surface area (Å²) in [6.07, 6.45) is 0. The second-order valence-electron chi connectivity index (χ2n) is 4.60. The van der Waals surface area contributed by atoms with Crippen LogP contribution >= 0.6 is 0 Å². The summed E-state index contributed by atoms with van der Waals surface area (Å²) in [6.45, 7) is 2.03. The molecule has 4 heteroatoms. The lowest BCUT2D eigenvalue weighted by atomic mass is 10.1. The second-order valence-corrected chi connectivity index (χ2v) is 4.60. The van der Waals surface area contributed by atoms with Crippen molar-refractivity contribution in [1.29, 1.82) is 0 Å². The number of carbonyl (C=O) groups excluding carboxylic acids is 1. The van der Waals surface area contributed by atoms with Gasteiger partial charge in [-0.25, -0.2) is 0 Å². The number of anilines is 1. The van der Waals surface area contributed by atoms with Gasteiger partial charge in [-0.05, 0) is 43.8 Å². The summed E-state index contributed by atoms with van der Waals surface area (Å²) in [7, 11) is 1.87. The van der Waals surface area contributed by atoms with Crippen molar-refractivity contribution >= 4 is 11.6 Å². The molecule has 0 heterocycles. The molecule has 0 bridgehead atoms. The van der Waals surface area contributed by atoms with Gasteiger partial charge in [-0.1, -0.05) is 24.3 Å². The van der Waals surface area contributed by atoms with Gasteiger partial charge < -0.3 is 15.7 Å². The Bertz CT molecular complexity index is 611. The molecule has 0 aliphatic rings. The van der Waals surface area contributed by atoms with Crippen molar-refractivity contribution in [2.75, 3.05) is 12.4 Å². The quantitative estimate of drug-likeness (QED) is 0.800. The van der Waals surface area contributed by atoms with Crippen molar-refractivity contribution in [3.8, 4) is 5.75 Å². The van der Waals surface area contributed by atoms with E-state index >= 15 is 0 Å². The normalized spacial score (nSPS) is 11.9. The molecule has 3 N–H and O–H groups in total. The van der Waals surface area contributed by atoms with E-state index in [0.717, 1.165) is 11.3 Å². The number of benzene rings is 2. The predicted molar refractivity (Wildman–Crippen MR) is 80.0 cm³/mol. The van der Waals surface area contributed by atoms with Crippen molar-refractivity contribution in [1.82, 2.24) is 5.32 Å². The van der Waals surface area contributed by atoms with Crippen LogP contribution in [-0.2, 0) is 0 Å². The van der Waals surface area contributed by atoms with Gasteiger partial charge in [0.1, 0.15) is 5.75 Å². The number of amides is 1. The Kier molecular flexibility index (Phi) is 4.38. The molecular weight excluding hydrogens is 252 g/mol. The number of aromatic hydroxyl groups is 1. The van der Waals surface area contributed by atoms with Crippen LogP contribution in [0.2, 0.25) is 0 Å². The van der Waals surface area contributed by atoms with E-state index in [0.29, 0.717) is 5.56 Å². The molecule has 0 fully saturated rings. The van der Waals surface area contributed by atoms with E-state index in [9.17, 15) is 9.90 Å². The molecule has 0 aliphatic heterocycles. The second kappa shape index (κ2) is 6.21. The summed E-state index contributed by atoms with van der Waals surface area (Å²) >= 11 is 0. The first-order valence-electron chi connectivity index (χ1n) is 6.48. The van der Waals surface area contributed by atoms with E-state index in [1.165, 1.54) is 12.1 Å². The largest absolute Gasteiger partial charge is 0.508 e. The Hall–Kier alpha value is -2.33. The molecule has 1 unspecified atom stereocenters. The third-order valence-electron chi connectivity index (χ3n) is 3.22. The van der Waals surface area contributed by atoms with Crippen LogP contribution in [0.15, 0.2) is 48.5 Å². The molecule has 20 heavy (non-hydrogen) atoms. The van der Waals surface area contributed by atoms with Crippen LogP contribution in [0.4, 0.5) is 5.69 Å². The van der Waals surface area contributed by atoms with Gasteiger partial charge in [-0.15, -0.1) is 0 Å². The summed E-state index contributed by atoms with van der Waals surface area (Å²) in [5.74, 6) is -0.161. The average molecular weight is 270 g/mol. The predicted octanol–water partition coefficient (Wildman–Crippen LogP) is 2.92. The Morgan fingerprint density at radius 1 is 1.15 bits per heavy atom. The molecule has 0 saturated heterocycles.